The molecule has 3 rings (SSSR count). The van der Waals surface area contributed by atoms with Gasteiger partial charge in [-0.25, -0.2) is 4.98 Å². The standard InChI is InChI=1S/C15H15ClN2O3/c16-11-4-1-3-10(7-11)14-17-12(9-21-14)8-18-6-2-5-13(18)15(19)20/h1,3-4,7,9,13H,2,5-6,8H2,(H,19,20). The molecule has 1 aliphatic rings. The third-order valence-corrected chi connectivity index (χ3v) is 3.87. The summed E-state index contributed by atoms with van der Waals surface area (Å²) in [6.07, 6.45) is 3.16. The van der Waals surface area contributed by atoms with Gasteiger partial charge >= 0.3 is 5.97 Å². The molecule has 1 atom stereocenters. The number of nitrogens with zero attached hydrogens (tertiary/aromatic N) is 2. The van der Waals surface area contributed by atoms with Gasteiger partial charge in [-0.3, -0.25) is 9.69 Å². The second kappa shape index (κ2) is 5.87. The lowest BCUT2D eigenvalue weighted by atomic mass is 10.2. The first-order valence-corrected chi connectivity index (χ1v) is 7.18. The summed E-state index contributed by atoms with van der Waals surface area (Å²) in [6, 6.07) is 6.86. The normalized spacial score (nSPS) is 19.0. The van der Waals surface area contributed by atoms with Crippen LogP contribution in [0.15, 0.2) is 34.9 Å². The van der Waals surface area contributed by atoms with Crippen LogP contribution in [0, 0.1) is 0 Å². The number of carboxylic acids is 1. The smallest absolute Gasteiger partial charge is 0.320 e. The van der Waals surface area contributed by atoms with E-state index < -0.39 is 12.0 Å². The lowest BCUT2D eigenvalue weighted by molar-refractivity contribution is -0.142. The van der Waals surface area contributed by atoms with E-state index in [2.05, 4.69) is 4.98 Å². The van der Waals surface area contributed by atoms with Crippen LogP contribution < -0.4 is 0 Å². The van der Waals surface area contributed by atoms with Gasteiger partial charge in [-0.05, 0) is 37.6 Å². The van der Waals surface area contributed by atoms with E-state index in [-0.39, 0.29) is 0 Å². The highest BCUT2D eigenvalue weighted by atomic mass is 35.5. The fourth-order valence-electron chi connectivity index (χ4n) is 2.64. The first-order valence-electron chi connectivity index (χ1n) is 6.80. The summed E-state index contributed by atoms with van der Waals surface area (Å²) in [4.78, 5) is 17.5. The summed E-state index contributed by atoms with van der Waals surface area (Å²) >= 11 is 5.95. The monoisotopic (exact) mass is 306 g/mol. The maximum atomic E-state index is 11.2. The Kier molecular flexibility index (Phi) is 3.94. The molecule has 0 saturated carbocycles. The minimum absolute atomic E-state index is 0.420. The van der Waals surface area contributed by atoms with Crippen molar-refractivity contribution < 1.29 is 14.3 Å². The third kappa shape index (κ3) is 3.09. The maximum Gasteiger partial charge on any atom is 0.320 e. The van der Waals surface area contributed by atoms with Gasteiger partial charge in [0.1, 0.15) is 12.3 Å². The van der Waals surface area contributed by atoms with Crippen molar-refractivity contribution in [2.24, 2.45) is 0 Å². The minimum Gasteiger partial charge on any atom is -0.480 e. The average molecular weight is 307 g/mol. The van der Waals surface area contributed by atoms with Gasteiger partial charge in [0.05, 0.1) is 5.69 Å². The zero-order chi connectivity index (χ0) is 14.8. The number of carbonyl (C=O) groups is 1. The van der Waals surface area contributed by atoms with Crippen molar-refractivity contribution in [3.63, 3.8) is 0 Å². The first kappa shape index (κ1) is 14.1. The van der Waals surface area contributed by atoms with E-state index in [9.17, 15) is 9.90 Å². The molecule has 0 bridgehead atoms. The predicted molar refractivity (Wildman–Crippen MR) is 78.0 cm³/mol. The number of aromatic nitrogens is 1. The Bertz CT molecular complexity index is 656. The summed E-state index contributed by atoms with van der Waals surface area (Å²) < 4.78 is 5.47. The number of aliphatic carboxylic acids is 1. The molecule has 0 spiro atoms. The Balaban J connectivity index is 1.75. The Morgan fingerprint density at radius 1 is 1.52 bits per heavy atom. The Morgan fingerprint density at radius 2 is 2.38 bits per heavy atom. The molecular formula is C15H15ClN2O3. The van der Waals surface area contributed by atoms with Gasteiger partial charge in [-0.15, -0.1) is 0 Å². The van der Waals surface area contributed by atoms with E-state index in [1.807, 2.05) is 17.0 Å². The van der Waals surface area contributed by atoms with Crippen molar-refractivity contribution in [3.8, 4) is 11.5 Å². The van der Waals surface area contributed by atoms with Gasteiger partial charge < -0.3 is 9.52 Å². The number of halogens is 1. The highest BCUT2D eigenvalue weighted by Crippen LogP contribution is 2.24. The predicted octanol–water partition coefficient (Wildman–Crippen LogP) is 3.04. The molecule has 6 heteroatoms. The van der Waals surface area contributed by atoms with Crippen molar-refractivity contribution in [1.29, 1.82) is 0 Å². The fraction of sp³-hybridized carbons (Fsp3) is 0.333. The number of benzene rings is 1. The Hall–Kier alpha value is -1.85. The third-order valence-electron chi connectivity index (χ3n) is 3.64. The highest BCUT2D eigenvalue weighted by Gasteiger charge is 2.30. The molecule has 0 radical (unpaired) electrons. The summed E-state index contributed by atoms with van der Waals surface area (Å²) in [5.74, 6) is -0.273. The van der Waals surface area contributed by atoms with Crippen molar-refractivity contribution in [2.45, 2.75) is 25.4 Å². The molecule has 1 N–H and O–H groups in total. The van der Waals surface area contributed by atoms with E-state index in [4.69, 9.17) is 16.0 Å². The molecule has 21 heavy (non-hydrogen) atoms. The molecule has 0 aliphatic carbocycles. The average Bonchev–Trinajstić information content (AvgIpc) is 3.08. The summed E-state index contributed by atoms with van der Waals surface area (Å²) in [6.45, 7) is 1.26. The van der Waals surface area contributed by atoms with E-state index in [0.29, 0.717) is 23.9 Å². The van der Waals surface area contributed by atoms with Gasteiger partial charge in [0.15, 0.2) is 0 Å². The lowest BCUT2D eigenvalue weighted by Gasteiger charge is -2.19. The molecular weight excluding hydrogens is 292 g/mol. The molecule has 2 heterocycles. The zero-order valence-electron chi connectivity index (χ0n) is 11.3. The van der Waals surface area contributed by atoms with Crippen LogP contribution >= 0.6 is 11.6 Å². The number of hydrogen-bond acceptors (Lipinski definition) is 4. The Morgan fingerprint density at radius 3 is 3.14 bits per heavy atom. The molecule has 1 aromatic heterocycles. The van der Waals surface area contributed by atoms with Crippen molar-refractivity contribution in [1.82, 2.24) is 9.88 Å². The van der Waals surface area contributed by atoms with Crippen LogP contribution in [-0.4, -0.2) is 33.5 Å². The van der Waals surface area contributed by atoms with Crippen molar-refractivity contribution in [2.75, 3.05) is 6.54 Å². The topological polar surface area (TPSA) is 66.6 Å². The lowest BCUT2D eigenvalue weighted by Crippen LogP contribution is -2.35. The number of rotatable bonds is 4. The van der Waals surface area contributed by atoms with Crippen LogP contribution in [0.3, 0.4) is 0 Å². The van der Waals surface area contributed by atoms with Crippen LogP contribution in [0.2, 0.25) is 5.02 Å². The minimum atomic E-state index is -0.772. The van der Waals surface area contributed by atoms with E-state index in [0.717, 1.165) is 24.2 Å². The van der Waals surface area contributed by atoms with Crippen LogP contribution in [0.5, 0.6) is 0 Å². The number of carboxylic acid groups (broad SMARTS) is 1. The second-order valence-electron chi connectivity index (χ2n) is 5.12. The molecule has 1 unspecified atom stereocenters. The van der Waals surface area contributed by atoms with E-state index in [1.165, 1.54) is 0 Å². The van der Waals surface area contributed by atoms with Gasteiger partial charge in [-0.1, -0.05) is 17.7 Å². The first-order chi connectivity index (χ1) is 10.1. The van der Waals surface area contributed by atoms with Crippen molar-refractivity contribution in [3.05, 3.63) is 41.2 Å². The van der Waals surface area contributed by atoms with Crippen LogP contribution in [0.25, 0.3) is 11.5 Å². The molecule has 5 nitrogen and oxygen atoms in total. The van der Waals surface area contributed by atoms with Gasteiger partial charge in [0.25, 0.3) is 0 Å². The van der Waals surface area contributed by atoms with E-state index >= 15 is 0 Å². The van der Waals surface area contributed by atoms with Crippen molar-refractivity contribution >= 4 is 17.6 Å². The van der Waals surface area contributed by atoms with Gasteiger partial charge in [-0.2, -0.15) is 0 Å². The van der Waals surface area contributed by atoms with Gasteiger partial charge in [0, 0.05) is 17.1 Å². The molecule has 2 aromatic rings. The molecule has 1 aromatic carbocycles. The van der Waals surface area contributed by atoms with Crippen LogP contribution in [0.1, 0.15) is 18.5 Å². The van der Waals surface area contributed by atoms with Crippen LogP contribution in [-0.2, 0) is 11.3 Å². The highest BCUT2D eigenvalue weighted by molar-refractivity contribution is 6.30. The maximum absolute atomic E-state index is 11.2. The largest absolute Gasteiger partial charge is 0.480 e. The number of oxazole rings is 1. The number of hydrogen-bond donors (Lipinski definition) is 1. The van der Waals surface area contributed by atoms with E-state index in [1.54, 1.807) is 18.4 Å². The molecule has 1 aliphatic heterocycles. The molecule has 0 amide bonds. The Labute approximate surface area is 127 Å². The second-order valence-corrected chi connectivity index (χ2v) is 5.56. The molecule has 1 fully saturated rings. The molecule has 110 valence electrons. The van der Waals surface area contributed by atoms with Crippen LogP contribution in [0.4, 0.5) is 0 Å². The summed E-state index contributed by atoms with van der Waals surface area (Å²) in [5, 5.41) is 9.80. The fourth-order valence-corrected chi connectivity index (χ4v) is 2.83. The number of likely N-dealkylation sites (tertiary alicyclic amines) is 1. The quantitative estimate of drug-likeness (QED) is 0.940. The zero-order valence-corrected chi connectivity index (χ0v) is 12.1. The SMILES string of the molecule is O=C(O)C1CCCN1Cc1coc(-c2cccc(Cl)c2)n1. The molecule has 1 saturated heterocycles. The van der Waals surface area contributed by atoms with Gasteiger partial charge in [0.2, 0.25) is 5.89 Å². The summed E-state index contributed by atoms with van der Waals surface area (Å²) in [5.41, 5.74) is 1.54. The summed E-state index contributed by atoms with van der Waals surface area (Å²) in [7, 11) is 0.